The molecule has 0 aromatic heterocycles. The summed E-state index contributed by atoms with van der Waals surface area (Å²) in [7, 11) is 1.59. The SMILES string of the molecule is CC1CCCOCCC(=O)O1.COCCC(C)=O. The predicted octanol–water partition coefficient (Wildman–Crippen LogP) is 1.73. The Balaban J connectivity index is 0.000000360. The van der Waals surface area contributed by atoms with E-state index in [1.54, 1.807) is 14.0 Å². The summed E-state index contributed by atoms with van der Waals surface area (Å²) in [5.41, 5.74) is 0. The van der Waals surface area contributed by atoms with E-state index in [1.807, 2.05) is 6.92 Å². The zero-order valence-corrected chi connectivity index (χ0v) is 11.6. The van der Waals surface area contributed by atoms with Crippen LogP contribution in [0.5, 0.6) is 0 Å². The molecule has 5 heteroatoms. The number of rotatable bonds is 3. The van der Waals surface area contributed by atoms with Crippen LogP contribution in [0.15, 0.2) is 0 Å². The Morgan fingerprint density at radius 3 is 2.72 bits per heavy atom. The van der Waals surface area contributed by atoms with Crippen LogP contribution in [0.1, 0.15) is 39.5 Å². The summed E-state index contributed by atoms with van der Waals surface area (Å²) < 4.78 is 14.9. The monoisotopic (exact) mass is 260 g/mol. The number of hydrogen-bond donors (Lipinski definition) is 0. The van der Waals surface area contributed by atoms with Crippen LogP contribution < -0.4 is 0 Å². The average molecular weight is 260 g/mol. The van der Waals surface area contributed by atoms with Crippen LogP contribution in [0.3, 0.4) is 0 Å². The molecule has 0 aromatic rings. The molecule has 1 aliphatic heterocycles. The van der Waals surface area contributed by atoms with Crippen LogP contribution in [-0.2, 0) is 23.8 Å². The lowest BCUT2D eigenvalue weighted by Crippen LogP contribution is -2.14. The minimum Gasteiger partial charge on any atom is -0.463 e. The van der Waals surface area contributed by atoms with Gasteiger partial charge < -0.3 is 14.2 Å². The van der Waals surface area contributed by atoms with Crippen molar-refractivity contribution in [1.82, 2.24) is 0 Å². The predicted molar refractivity (Wildman–Crippen MR) is 67.4 cm³/mol. The Morgan fingerprint density at radius 1 is 1.44 bits per heavy atom. The molecule has 1 saturated heterocycles. The maximum absolute atomic E-state index is 10.9. The number of ether oxygens (including phenoxy) is 3. The van der Waals surface area contributed by atoms with Gasteiger partial charge in [0.2, 0.25) is 0 Å². The average Bonchev–Trinajstić information content (AvgIpc) is 2.39. The van der Waals surface area contributed by atoms with Crippen LogP contribution in [-0.4, -0.2) is 44.8 Å². The lowest BCUT2D eigenvalue weighted by Gasteiger charge is -2.09. The molecule has 1 aliphatic rings. The lowest BCUT2D eigenvalue weighted by molar-refractivity contribution is -0.148. The van der Waals surface area contributed by atoms with Gasteiger partial charge in [0.1, 0.15) is 5.78 Å². The number of Topliss-reactive ketones (excluding diaryl/α,β-unsaturated/α-hetero) is 1. The number of ketones is 1. The van der Waals surface area contributed by atoms with Gasteiger partial charge in [0, 0.05) is 20.1 Å². The molecule has 0 bridgehead atoms. The van der Waals surface area contributed by atoms with Crippen molar-refractivity contribution in [2.75, 3.05) is 26.9 Å². The van der Waals surface area contributed by atoms with E-state index in [-0.39, 0.29) is 17.9 Å². The van der Waals surface area contributed by atoms with Crippen molar-refractivity contribution in [2.45, 2.75) is 45.6 Å². The minimum atomic E-state index is -0.139. The third-order valence-electron chi connectivity index (χ3n) is 2.34. The Hall–Kier alpha value is -0.940. The fraction of sp³-hybridized carbons (Fsp3) is 0.846. The third-order valence-corrected chi connectivity index (χ3v) is 2.34. The van der Waals surface area contributed by atoms with E-state index in [4.69, 9.17) is 9.47 Å². The Labute approximate surface area is 109 Å². The van der Waals surface area contributed by atoms with E-state index in [2.05, 4.69) is 4.74 Å². The number of methoxy groups -OCH3 is 1. The van der Waals surface area contributed by atoms with Crippen LogP contribution in [0, 0.1) is 0 Å². The van der Waals surface area contributed by atoms with Crippen LogP contribution in [0.2, 0.25) is 0 Å². The summed E-state index contributed by atoms with van der Waals surface area (Å²) >= 11 is 0. The van der Waals surface area contributed by atoms with Gasteiger partial charge in [0.05, 0.1) is 25.7 Å². The van der Waals surface area contributed by atoms with Crippen LogP contribution in [0.4, 0.5) is 0 Å². The van der Waals surface area contributed by atoms with E-state index >= 15 is 0 Å². The van der Waals surface area contributed by atoms with Crippen molar-refractivity contribution in [1.29, 1.82) is 0 Å². The number of carbonyl (C=O) groups is 2. The van der Waals surface area contributed by atoms with Gasteiger partial charge in [-0.1, -0.05) is 0 Å². The molecule has 1 rings (SSSR count). The summed E-state index contributed by atoms with van der Waals surface area (Å²) in [6.45, 7) is 5.28. The molecule has 0 radical (unpaired) electrons. The molecule has 0 aromatic carbocycles. The van der Waals surface area contributed by atoms with Gasteiger partial charge in [-0.2, -0.15) is 0 Å². The molecular formula is C13H24O5. The highest BCUT2D eigenvalue weighted by Gasteiger charge is 2.11. The van der Waals surface area contributed by atoms with Gasteiger partial charge in [-0.25, -0.2) is 0 Å². The van der Waals surface area contributed by atoms with Crippen molar-refractivity contribution >= 4 is 11.8 Å². The Bertz CT molecular complexity index is 240. The molecule has 0 saturated carbocycles. The van der Waals surface area contributed by atoms with Crippen molar-refractivity contribution in [3.8, 4) is 0 Å². The molecule has 0 aliphatic carbocycles. The van der Waals surface area contributed by atoms with Crippen molar-refractivity contribution < 1.29 is 23.8 Å². The summed E-state index contributed by atoms with van der Waals surface area (Å²) in [4.78, 5) is 21.0. The van der Waals surface area contributed by atoms with Gasteiger partial charge in [0.25, 0.3) is 0 Å². The standard InChI is InChI=1S/C8H14O3.C5H10O2/c1-7-3-2-5-10-6-4-8(9)11-7;1-5(6)3-4-7-2/h7H,2-6H2,1H3;3-4H2,1-2H3. The quantitative estimate of drug-likeness (QED) is 0.723. The molecule has 0 spiro atoms. The van der Waals surface area contributed by atoms with Gasteiger partial charge in [-0.3, -0.25) is 9.59 Å². The van der Waals surface area contributed by atoms with E-state index < -0.39 is 0 Å². The molecule has 1 fully saturated rings. The first kappa shape index (κ1) is 17.1. The number of carbonyl (C=O) groups excluding carboxylic acids is 2. The van der Waals surface area contributed by atoms with E-state index in [9.17, 15) is 9.59 Å². The molecule has 1 heterocycles. The van der Waals surface area contributed by atoms with Gasteiger partial charge in [-0.05, 0) is 26.7 Å². The van der Waals surface area contributed by atoms with Crippen LogP contribution >= 0.6 is 0 Å². The summed E-state index contributed by atoms with van der Waals surface area (Å²) in [5.74, 6) is 0.0428. The molecule has 18 heavy (non-hydrogen) atoms. The molecule has 0 N–H and O–H groups in total. The van der Waals surface area contributed by atoms with E-state index in [0.29, 0.717) is 26.1 Å². The summed E-state index contributed by atoms with van der Waals surface area (Å²) in [6.07, 6.45) is 2.88. The maximum atomic E-state index is 10.9. The topological polar surface area (TPSA) is 61.8 Å². The highest BCUT2D eigenvalue weighted by Crippen LogP contribution is 2.06. The first-order valence-corrected chi connectivity index (χ1v) is 6.32. The number of esters is 1. The molecule has 0 amide bonds. The van der Waals surface area contributed by atoms with E-state index in [0.717, 1.165) is 19.4 Å². The normalized spacial score (nSPS) is 20.6. The molecule has 5 nitrogen and oxygen atoms in total. The number of cyclic esters (lactones) is 1. The number of hydrogen-bond acceptors (Lipinski definition) is 5. The summed E-state index contributed by atoms with van der Waals surface area (Å²) in [5, 5.41) is 0. The maximum Gasteiger partial charge on any atom is 0.308 e. The van der Waals surface area contributed by atoms with Crippen molar-refractivity contribution in [3.05, 3.63) is 0 Å². The molecular weight excluding hydrogens is 236 g/mol. The third kappa shape index (κ3) is 11.5. The van der Waals surface area contributed by atoms with E-state index in [1.165, 1.54) is 0 Å². The zero-order chi connectivity index (χ0) is 13.8. The fourth-order valence-corrected chi connectivity index (χ4v) is 1.32. The highest BCUT2D eigenvalue weighted by atomic mass is 16.5. The van der Waals surface area contributed by atoms with Crippen molar-refractivity contribution in [2.24, 2.45) is 0 Å². The van der Waals surface area contributed by atoms with Gasteiger partial charge >= 0.3 is 5.97 Å². The fourth-order valence-electron chi connectivity index (χ4n) is 1.32. The minimum absolute atomic E-state index is 0.0594. The van der Waals surface area contributed by atoms with Crippen LogP contribution in [0.25, 0.3) is 0 Å². The Morgan fingerprint density at radius 2 is 2.17 bits per heavy atom. The molecule has 1 unspecified atom stereocenters. The van der Waals surface area contributed by atoms with Crippen molar-refractivity contribution in [3.63, 3.8) is 0 Å². The second-order valence-electron chi connectivity index (χ2n) is 4.25. The Kier molecular flexibility index (Phi) is 10.6. The first-order chi connectivity index (χ1) is 8.56. The first-order valence-electron chi connectivity index (χ1n) is 6.32. The van der Waals surface area contributed by atoms with Gasteiger partial charge in [0.15, 0.2) is 0 Å². The second kappa shape index (κ2) is 11.2. The largest absolute Gasteiger partial charge is 0.463 e. The second-order valence-corrected chi connectivity index (χ2v) is 4.25. The highest BCUT2D eigenvalue weighted by molar-refractivity contribution is 5.75. The molecule has 1 atom stereocenters. The zero-order valence-electron chi connectivity index (χ0n) is 11.6. The lowest BCUT2D eigenvalue weighted by atomic mass is 10.2. The molecule has 106 valence electrons. The summed E-state index contributed by atoms with van der Waals surface area (Å²) in [6, 6.07) is 0. The van der Waals surface area contributed by atoms with Gasteiger partial charge in [-0.15, -0.1) is 0 Å². The smallest absolute Gasteiger partial charge is 0.308 e.